The largest absolute Gasteiger partial charge is 0.378 e. The van der Waals surface area contributed by atoms with Gasteiger partial charge < -0.3 is 4.74 Å². The molecule has 0 aliphatic heterocycles. The van der Waals surface area contributed by atoms with E-state index in [9.17, 15) is 16.8 Å². The van der Waals surface area contributed by atoms with Crippen LogP contribution in [0.15, 0.2) is 58.3 Å². The topological polar surface area (TPSA) is 86.7 Å². The predicted molar refractivity (Wildman–Crippen MR) is 98.4 cm³/mol. The lowest BCUT2D eigenvalue weighted by Gasteiger charge is -2.08. The second-order valence-electron chi connectivity index (χ2n) is 5.83. The highest BCUT2D eigenvalue weighted by molar-refractivity contribution is 7.91. The van der Waals surface area contributed by atoms with E-state index in [1.165, 1.54) is 12.1 Å². The van der Waals surface area contributed by atoms with Crippen molar-refractivity contribution in [2.75, 3.05) is 25.6 Å². The van der Waals surface area contributed by atoms with E-state index in [-0.39, 0.29) is 35.4 Å². The van der Waals surface area contributed by atoms with Crippen LogP contribution < -0.4 is 0 Å². The van der Waals surface area contributed by atoms with Crippen molar-refractivity contribution in [3.63, 3.8) is 0 Å². The Morgan fingerprint density at radius 3 is 1.73 bits per heavy atom. The van der Waals surface area contributed by atoms with Gasteiger partial charge in [-0.15, -0.1) is 0 Å². The van der Waals surface area contributed by atoms with Crippen LogP contribution in [-0.2, 0) is 28.9 Å². The normalized spacial score (nSPS) is 12.2. The molecule has 0 saturated carbocycles. The van der Waals surface area contributed by atoms with Crippen LogP contribution in [0.25, 0.3) is 0 Å². The molecule has 0 spiro atoms. The molecule has 2 aromatic carbocycles. The van der Waals surface area contributed by atoms with Crippen molar-refractivity contribution < 1.29 is 25.8 Å². The van der Waals surface area contributed by atoms with Crippen LogP contribution in [-0.4, -0.2) is 42.4 Å². The lowest BCUT2D eigenvalue weighted by Crippen LogP contribution is -2.16. The number of hydrogen-bond acceptors (Lipinski definition) is 6. The van der Waals surface area contributed by atoms with Crippen LogP contribution in [0.3, 0.4) is 0 Å². The van der Waals surface area contributed by atoms with Gasteiger partial charge in [0.15, 0.2) is 9.84 Å². The Labute approximate surface area is 154 Å². The zero-order chi connectivity index (χ0) is 19.2. The minimum Gasteiger partial charge on any atom is -0.378 e. The quantitative estimate of drug-likeness (QED) is 0.476. The summed E-state index contributed by atoms with van der Waals surface area (Å²) in [7, 11) is -7.26. The standard InChI is InChI=1S/C18H22O6S2/c1-15-3-7-17(8-4-15)25(19,20)14-13-23-11-12-24-26(21,22)18-9-5-16(2)6-10-18/h3-10H,11-14H2,1-2H3. The van der Waals surface area contributed by atoms with Gasteiger partial charge in [0.05, 0.1) is 35.4 Å². The first-order valence-electron chi connectivity index (χ1n) is 8.04. The van der Waals surface area contributed by atoms with E-state index in [0.29, 0.717) is 0 Å². The molecule has 142 valence electrons. The van der Waals surface area contributed by atoms with Crippen LogP contribution in [0.4, 0.5) is 0 Å². The van der Waals surface area contributed by atoms with Crippen LogP contribution in [0.2, 0.25) is 0 Å². The number of sulfone groups is 1. The molecule has 0 amide bonds. The van der Waals surface area contributed by atoms with Gasteiger partial charge in [-0.2, -0.15) is 8.42 Å². The molecule has 2 rings (SSSR count). The van der Waals surface area contributed by atoms with E-state index >= 15 is 0 Å². The predicted octanol–water partition coefficient (Wildman–Crippen LogP) is 2.50. The highest BCUT2D eigenvalue weighted by atomic mass is 32.2. The van der Waals surface area contributed by atoms with Gasteiger partial charge in [-0.1, -0.05) is 35.4 Å². The number of rotatable bonds is 9. The van der Waals surface area contributed by atoms with Gasteiger partial charge >= 0.3 is 0 Å². The summed E-state index contributed by atoms with van der Waals surface area (Å²) in [6.07, 6.45) is 0. The molecular weight excluding hydrogens is 376 g/mol. The fraction of sp³-hybridized carbons (Fsp3) is 0.333. The van der Waals surface area contributed by atoms with Crippen LogP contribution >= 0.6 is 0 Å². The first-order chi connectivity index (χ1) is 12.2. The van der Waals surface area contributed by atoms with Gasteiger partial charge in [-0.25, -0.2) is 8.42 Å². The first-order valence-corrected chi connectivity index (χ1v) is 11.1. The Morgan fingerprint density at radius 1 is 0.692 bits per heavy atom. The van der Waals surface area contributed by atoms with Gasteiger partial charge in [0.25, 0.3) is 10.1 Å². The summed E-state index contributed by atoms with van der Waals surface area (Å²) < 4.78 is 58.3. The van der Waals surface area contributed by atoms with Gasteiger partial charge in [-0.3, -0.25) is 4.18 Å². The molecule has 0 aliphatic carbocycles. The molecule has 0 radical (unpaired) electrons. The van der Waals surface area contributed by atoms with Crippen LogP contribution in [0.5, 0.6) is 0 Å². The molecule has 8 heteroatoms. The monoisotopic (exact) mass is 398 g/mol. The van der Waals surface area contributed by atoms with Gasteiger partial charge in [-0.05, 0) is 38.1 Å². The molecule has 0 fully saturated rings. The summed E-state index contributed by atoms with van der Waals surface area (Å²) >= 11 is 0. The summed E-state index contributed by atoms with van der Waals surface area (Å²) in [5, 5.41) is 0. The van der Waals surface area contributed by atoms with Crippen molar-refractivity contribution in [2.45, 2.75) is 23.6 Å². The molecule has 6 nitrogen and oxygen atoms in total. The summed E-state index contributed by atoms with van der Waals surface area (Å²) in [6.45, 7) is 3.50. The van der Waals surface area contributed by atoms with Crippen molar-refractivity contribution >= 4 is 20.0 Å². The fourth-order valence-electron chi connectivity index (χ4n) is 2.11. The maximum Gasteiger partial charge on any atom is 0.297 e. The molecule has 0 atom stereocenters. The third-order valence-corrected chi connectivity index (χ3v) is 6.67. The molecule has 0 aromatic heterocycles. The number of aryl methyl sites for hydroxylation is 2. The lowest BCUT2D eigenvalue weighted by atomic mass is 10.2. The van der Waals surface area contributed by atoms with E-state index in [0.717, 1.165) is 11.1 Å². The molecule has 0 bridgehead atoms. The van der Waals surface area contributed by atoms with Crippen molar-refractivity contribution in [1.82, 2.24) is 0 Å². The van der Waals surface area contributed by atoms with Crippen LogP contribution in [0.1, 0.15) is 11.1 Å². The maximum absolute atomic E-state index is 12.1. The summed E-state index contributed by atoms with van der Waals surface area (Å²) in [5.74, 6) is -0.180. The molecule has 26 heavy (non-hydrogen) atoms. The molecule has 2 aromatic rings. The second kappa shape index (κ2) is 8.77. The molecular formula is C18H22O6S2. The molecule has 0 aliphatic rings. The first kappa shape index (κ1) is 20.6. The van der Waals surface area contributed by atoms with E-state index in [2.05, 4.69) is 0 Å². The Morgan fingerprint density at radius 2 is 1.19 bits per heavy atom. The molecule has 0 N–H and O–H groups in total. The van der Waals surface area contributed by atoms with E-state index in [1.54, 1.807) is 36.4 Å². The highest BCUT2D eigenvalue weighted by Gasteiger charge is 2.16. The average Bonchev–Trinajstić information content (AvgIpc) is 2.58. The van der Waals surface area contributed by atoms with E-state index in [1.807, 2.05) is 13.8 Å². The van der Waals surface area contributed by atoms with Crippen molar-refractivity contribution in [3.05, 3.63) is 59.7 Å². The Balaban J connectivity index is 1.75. The van der Waals surface area contributed by atoms with Gasteiger partial charge in [0.2, 0.25) is 0 Å². The SMILES string of the molecule is Cc1ccc(S(=O)(=O)CCOCCOS(=O)(=O)c2ccc(C)cc2)cc1. The summed E-state index contributed by atoms with van der Waals surface area (Å²) in [4.78, 5) is 0.315. The highest BCUT2D eigenvalue weighted by Crippen LogP contribution is 2.14. The number of hydrogen-bond donors (Lipinski definition) is 0. The zero-order valence-corrected chi connectivity index (χ0v) is 16.3. The van der Waals surface area contributed by atoms with Gasteiger partial charge in [0, 0.05) is 0 Å². The Kier molecular flexibility index (Phi) is 6.94. The third kappa shape index (κ3) is 5.91. The second-order valence-corrected chi connectivity index (χ2v) is 9.56. The van der Waals surface area contributed by atoms with Gasteiger partial charge in [0.1, 0.15) is 0 Å². The molecule has 0 heterocycles. The minimum absolute atomic E-state index is 0.0193. The molecule has 0 saturated heterocycles. The van der Waals surface area contributed by atoms with Crippen molar-refractivity contribution in [1.29, 1.82) is 0 Å². The van der Waals surface area contributed by atoms with Crippen LogP contribution in [0, 0.1) is 13.8 Å². The Hall–Kier alpha value is -1.74. The lowest BCUT2D eigenvalue weighted by molar-refractivity contribution is 0.113. The maximum atomic E-state index is 12.1. The molecule has 0 unspecified atom stereocenters. The fourth-order valence-corrected chi connectivity index (χ4v) is 4.13. The third-order valence-electron chi connectivity index (χ3n) is 3.65. The van der Waals surface area contributed by atoms with E-state index < -0.39 is 20.0 Å². The Bertz CT molecular complexity index is 835. The zero-order valence-electron chi connectivity index (χ0n) is 14.7. The van der Waals surface area contributed by atoms with Crippen molar-refractivity contribution in [2.24, 2.45) is 0 Å². The smallest absolute Gasteiger partial charge is 0.297 e. The van der Waals surface area contributed by atoms with Crippen molar-refractivity contribution in [3.8, 4) is 0 Å². The summed E-state index contributed by atoms with van der Waals surface area (Å²) in [5.41, 5.74) is 1.93. The number of benzene rings is 2. The summed E-state index contributed by atoms with van der Waals surface area (Å²) in [6, 6.07) is 12.9. The van der Waals surface area contributed by atoms with E-state index in [4.69, 9.17) is 8.92 Å². The average molecular weight is 399 g/mol. The minimum atomic E-state index is -3.84. The number of ether oxygens (including phenoxy) is 1.